The maximum absolute atomic E-state index is 6.13. The van der Waals surface area contributed by atoms with Gasteiger partial charge in [-0.3, -0.25) is 0 Å². The smallest absolute Gasteiger partial charge is 0.0499 e. The summed E-state index contributed by atoms with van der Waals surface area (Å²) in [6, 6.07) is 12.8. The highest BCUT2D eigenvalue weighted by atomic mass is 35.5. The van der Waals surface area contributed by atoms with Crippen molar-refractivity contribution in [1.29, 1.82) is 0 Å². The van der Waals surface area contributed by atoms with Crippen molar-refractivity contribution in [1.82, 2.24) is 0 Å². The van der Waals surface area contributed by atoms with Gasteiger partial charge >= 0.3 is 0 Å². The van der Waals surface area contributed by atoms with Crippen LogP contribution in [0.4, 0.5) is 0 Å². The Kier molecular flexibility index (Phi) is 3.78. The van der Waals surface area contributed by atoms with E-state index < -0.39 is 0 Å². The molecule has 0 N–H and O–H groups in total. The van der Waals surface area contributed by atoms with E-state index in [1.165, 1.54) is 0 Å². The van der Waals surface area contributed by atoms with Crippen molar-refractivity contribution < 1.29 is 0 Å². The zero-order chi connectivity index (χ0) is 12.4. The predicted molar refractivity (Wildman–Crippen MR) is 76.1 cm³/mol. The van der Waals surface area contributed by atoms with Gasteiger partial charge < -0.3 is 0 Å². The van der Waals surface area contributed by atoms with E-state index in [0.29, 0.717) is 15.1 Å². The van der Waals surface area contributed by atoms with Crippen LogP contribution in [0.3, 0.4) is 0 Å². The first kappa shape index (κ1) is 12.5. The molecule has 0 aromatic heterocycles. The quantitative estimate of drug-likeness (QED) is 0.662. The number of hydrogen-bond donors (Lipinski definition) is 0. The molecule has 2 rings (SSSR count). The Morgan fingerprint density at radius 3 is 2.00 bits per heavy atom. The van der Waals surface area contributed by atoms with Crippen molar-refractivity contribution >= 4 is 40.4 Å². The number of rotatable bonds is 2. The van der Waals surface area contributed by atoms with Crippen molar-refractivity contribution in [2.24, 2.45) is 0 Å². The number of benzene rings is 2. The molecule has 0 aliphatic rings. The highest BCUT2D eigenvalue weighted by Crippen LogP contribution is 2.30. The highest BCUT2D eigenvalue weighted by Gasteiger charge is 2.07. The third-order valence-electron chi connectivity index (χ3n) is 2.45. The molecule has 0 bridgehead atoms. The van der Waals surface area contributed by atoms with Crippen LogP contribution in [-0.2, 0) is 0 Å². The monoisotopic (exact) mass is 282 g/mol. The zero-order valence-electron chi connectivity index (χ0n) is 8.88. The molecular formula is C14H9Cl3. The molecule has 0 amide bonds. The van der Waals surface area contributed by atoms with Gasteiger partial charge in [-0.25, -0.2) is 0 Å². The fourth-order valence-electron chi connectivity index (χ4n) is 1.54. The Bertz CT molecular complexity index is 556. The lowest BCUT2D eigenvalue weighted by molar-refractivity contribution is 1.55. The molecule has 0 heterocycles. The second kappa shape index (κ2) is 5.14. The molecule has 2 aromatic carbocycles. The minimum atomic E-state index is 0.595. The second-order valence-electron chi connectivity index (χ2n) is 3.61. The molecule has 0 saturated carbocycles. The molecular weight excluding hydrogens is 275 g/mol. The Morgan fingerprint density at radius 2 is 1.41 bits per heavy atom. The summed E-state index contributed by atoms with van der Waals surface area (Å²) < 4.78 is 0. The fourth-order valence-corrected chi connectivity index (χ4v) is 2.19. The summed E-state index contributed by atoms with van der Waals surface area (Å²) in [7, 11) is 0. The normalized spacial score (nSPS) is 10.3. The van der Waals surface area contributed by atoms with Crippen LogP contribution in [0.25, 0.3) is 5.57 Å². The van der Waals surface area contributed by atoms with Crippen molar-refractivity contribution in [2.45, 2.75) is 0 Å². The van der Waals surface area contributed by atoms with E-state index in [-0.39, 0.29) is 0 Å². The molecule has 0 spiro atoms. The Morgan fingerprint density at radius 1 is 0.824 bits per heavy atom. The molecule has 0 unspecified atom stereocenters. The molecule has 0 nitrogen and oxygen atoms in total. The summed E-state index contributed by atoms with van der Waals surface area (Å²) in [6.07, 6.45) is 0. The van der Waals surface area contributed by atoms with E-state index in [9.17, 15) is 0 Å². The molecule has 17 heavy (non-hydrogen) atoms. The van der Waals surface area contributed by atoms with Crippen LogP contribution in [0, 0.1) is 0 Å². The van der Waals surface area contributed by atoms with E-state index >= 15 is 0 Å². The SMILES string of the molecule is C=C(c1ccc(Cl)cc1)c1ccc(Cl)cc1Cl. The van der Waals surface area contributed by atoms with E-state index in [4.69, 9.17) is 34.8 Å². The third-order valence-corrected chi connectivity index (χ3v) is 3.25. The Balaban J connectivity index is 2.40. The predicted octanol–water partition coefficient (Wildman–Crippen LogP) is 5.71. The van der Waals surface area contributed by atoms with E-state index in [0.717, 1.165) is 16.7 Å². The van der Waals surface area contributed by atoms with Crippen LogP contribution >= 0.6 is 34.8 Å². The van der Waals surface area contributed by atoms with E-state index in [1.807, 2.05) is 30.3 Å². The highest BCUT2D eigenvalue weighted by molar-refractivity contribution is 6.35. The van der Waals surface area contributed by atoms with Gasteiger partial charge in [-0.15, -0.1) is 0 Å². The van der Waals surface area contributed by atoms with E-state index in [2.05, 4.69) is 6.58 Å². The average Bonchev–Trinajstić information content (AvgIpc) is 2.29. The lowest BCUT2D eigenvalue weighted by Crippen LogP contribution is -1.87. The Hall–Kier alpha value is -0.950. The summed E-state index contributed by atoms with van der Waals surface area (Å²) >= 11 is 17.8. The van der Waals surface area contributed by atoms with Gasteiger partial charge in [0.15, 0.2) is 0 Å². The van der Waals surface area contributed by atoms with Gasteiger partial charge in [0.05, 0.1) is 0 Å². The van der Waals surface area contributed by atoms with Gasteiger partial charge in [0.25, 0.3) is 0 Å². The van der Waals surface area contributed by atoms with Crippen LogP contribution in [0.1, 0.15) is 11.1 Å². The maximum atomic E-state index is 6.13. The lowest BCUT2D eigenvalue weighted by atomic mass is 10.00. The molecule has 86 valence electrons. The summed E-state index contributed by atoms with van der Waals surface area (Å²) in [5.74, 6) is 0. The summed E-state index contributed by atoms with van der Waals surface area (Å²) in [5, 5.41) is 1.91. The first-order valence-electron chi connectivity index (χ1n) is 4.98. The minimum absolute atomic E-state index is 0.595. The van der Waals surface area contributed by atoms with Crippen LogP contribution in [0.5, 0.6) is 0 Å². The number of hydrogen-bond acceptors (Lipinski definition) is 0. The number of halogens is 3. The average molecular weight is 284 g/mol. The van der Waals surface area contributed by atoms with Crippen molar-refractivity contribution in [2.75, 3.05) is 0 Å². The summed E-state index contributed by atoms with van der Waals surface area (Å²) in [4.78, 5) is 0. The van der Waals surface area contributed by atoms with Gasteiger partial charge in [-0.2, -0.15) is 0 Å². The van der Waals surface area contributed by atoms with Gasteiger partial charge in [0.1, 0.15) is 0 Å². The topological polar surface area (TPSA) is 0 Å². The zero-order valence-corrected chi connectivity index (χ0v) is 11.2. The van der Waals surface area contributed by atoms with Crippen LogP contribution < -0.4 is 0 Å². The molecule has 0 saturated heterocycles. The van der Waals surface area contributed by atoms with Gasteiger partial charge in [-0.1, -0.05) is 59.6 Å². The van der Waals surface area contributed by atoms with Gasteiger partial charge in [0, 0.05) is 20.6 Å². The van der Waals surface area contributed by atoms with Crippen LogP contribution in [0.15, 0.2) is 49.0 Å². The molecule has 0 radical (unpaired) electrons. The summed E-state index contributed by atoms with van der Waals surface area (Å²) in [6.45, 7) is 4.04. The minimum Gasteiger partial charge on any atom is -0.0905 e. The lowest BCUT2D eigenvalue weighted by Gasteiger charge is -2.08. The third kappa shape index (κ3) is 2.84. The molecule has 0 aliphatic heterocycles. The van der Waals surface area contributed by atoms with Crippen molar-refractivity contribution in [3.63, 3.8) is 0 Å². The molecule has 2 aromatic rings. The van der Waals surface area contributed by atoms with Crippen molar-refractivity contribution in [3.05, 3.63) is 75.2 Å². The fraction of sp³-hybridized carbons (Fsp3) is 0. The molecule has 3 heteroatoms. The maximum Gasteiger partial charge on any atom is 0.0499 e. The van der Waals surface area contributed by atoms with Crippen LogP contribution in [-0.4, -0.2) is 0 Å². The van der Waals surface area contributed by atoms with Gasteiger partial charge in [0.2, 0.25) is 0 Å². The van der Waals surface area contributed by atoms with Gasteiger partial charge in [-0.05, 0) is 35.4 Å². The van der Waals surface area contributed by atoms with Crippen molar-refractivity contribution in [3.8, 4) is 0 Å². The molecule has 0 fully saturated rings. The Labute approximate surface area is 115 Å². The molecule has 0 atom stereocenters. The first-order valence-corrected chi connectivity index (χ1v) is 6.11. The van der Waals surface area contributed by atoms with E-state index in [1.54, 1.807) is 12.1 Å². The standard InChI is InChI=1S/C14H9Cl3/c1-9(10-2-4-11(15)5-3-10)13-7-6-12(16)8-14(13)17/h2-8H,1H2. The molecule has 0 aliphatic carbocycles. The second-order valence-corrected chi connectivity index (χ2v) is 4.89. The first-order chi connectivity index (χ1) is 8.08. The largest absolute Gasteiger partial charge is 0.0905 e. The summed E-state index contributed by atoms with van der Waals surface area (Å²) in [5.41, 5.74) is 2.71. The van der Waals surface area contributed by atoms with Crippen LogP contribution in [0.2, 0.25) is 15.1 Å².